The fourth-order valence-electron chi connectivity index (χ4n) is 5.30. The van der Waals surface area contributed by atoms with Crippen molar-refractivity contribution in [1.29, 1.82) is 0 Å². The van der Waals surface area contributed by atoms with Crippen molar-refractivity contribution in [1.82, 2.24) is 15.5 Å². The van der Waals surface area contributed by atoms with Crippen LogP contribution in [0.3, 0.4) is 0 Å². The maximum absolute atomic E-state index is 5.68. The quantitative estimate of drug-likeness (QED) is 0.589. The third-order valence-electron chi connectivity index (χ3n) is 7.23. The number of ether oxygens (including phenoxy) is 1. The highest BCUT2D eigenvalue weighted by Crippen LogP contribution is 2.31. The maximum atomic E-state index is 5.68. The smallest absolute Gasteiger partial charge is 0.191 e. The first-order valence-corrected chi connectivity index (χ1v) is 11.6. The molecular weight excluding hydrogens is 360 g/mol. The number of hydrogen-bond donors (Lipinski definition) is 2. The standard InChI is InChI=1S/C24H38N4O/c1-19(21-10-9-20-7-3-4-8-22(20)17-21)27-23(25-2)26-18-24(11-15-29-16-12-24)28-13-5-6-14-28/h9-10,17,19H,3-8,11-16,18H2,1-2H3,(H2,25,26,27). The first-order chi connectivity index (χ1) is 14.2. The lowest BCUT2D eigenvalue weighted by Crippen LogP contribution is -2.58. The minimum Gasteiger partial charge on any atom is -0.381 e. The lowest BCUT2D eigenvalue weighted by molar-refractivity contribution is -0.0164. The van der Waals surface area contributed by atoms with E-state index >= 15 is 0 Å². The Bertz CT molecular complexity index is 705. The molecular formula is C24H38N4O. The van der Waals surface area contributed by atoms with Crippen LogP contribution in [0, 0.1) is 0 Å². The molecule has 1 aromatic carbocycles. The Morgan fingerprint density at radius 1 is 1.10 bits per heavy atom. The summed E-state index contributed by atoms with van der Waals surface area (Å²) in [7, 11) is 1.88. The Hall–Kier alpha value is -1.59. The number of aliphatic imine (C=N–C) groups is 1. The van der Waals surface area contributed by atoms with E-state index in [1.807, 2.05) is 7.05 Å². The van der Waals surface area contributed by atoms with Crippen LogP contribution in [-0.4, -0.2) is 56.3 Å². The molecule has 5 heteroatoms. The molecule has 2 N–H and O–H groups in total. The predicted molar refractivity (Wildman–Crippen MR) is 120 cm³/mol. The zero-order valence-corrected chi connectivity index (χ0v) is 18.3. The molecule has 1 aliphatic carbocycles. The summed E-state index contributed by atoms with van der Waals surface area (Å²) < 4.78 is 5.68. The predicted octanol–water partition coefficient (Wildman–Crippen LogP) is 3.44. The van der Waals surface area contributed by atoms with Crippen LogP contribution in [0.5, 0.6) is 0 Å². The van der Waals surface area contributed by atoms with Gasteiger partial charge in [0, 0.05) is 32.3 Å². The number of fused-ring (bicyclic) bond motifs is 1. The van der Waals surface area contributed by atoms with Crippen molar-refractivity contribution < 1.29 is 4.74 Å². The fraction of sp³-hybridized carbons (Fsp3) is 0.708. The van der Waals surface area contributed by atoms with Gasteiger partial charge >= 0.3 is 0 Å². The van der Waals surface area contributed by atoms with Crippen LogP contribution in [0.4, 0.5) is 0 Å². The van der Waals surface area contributed by atoms with Crippen molar-refractivity contribution in [2.45, 2.75) is 69.9 Å². The Balaban J connectivity index is 1.38. The number of aryl methyl sites for hydroxylation is 2. The summed E-state index contributed by atoms with van der Waals surface area (Å²) in [5.74, 6) is 0.903. The van der Waals surface area contributed by atoms with Crippen molar-refractivity contribution >= 4 is 5.96 Å². The second-order valence-electron chi connectivity index (χ2n) is 9.06. The van der Waals surface area contributed by atoms with Crippen molar-refractivity contribution in [3.8, 4) is 0 Å². The third kappa shape index (κ3) is 4.77. The monoisotopic (exact) mass is 398 g/mol. The minimum atomic E-state index is 0.210. The molecule has 2 heterocycles. The maximum Gasteiger partial charge on any atom is 0.191 e. The second-order valence-corrected chi connectivity index (χ2v) is 9.06. The van der Waals surface area contributed by atoms with Crippen LogP contribution in [0.2, 0.25) is 0 Å². The summed E-state index contributed by atoms with van der Waals surface area (Å²) in [6, 6.07) is 7.27. The van der Waals surface area contributed by atoms with E-state index in [1.54, 1.807) is 11.1 Å². The molecule has 29 heavy (non-hydrogen) atoms. The van der Waals surface area contributed by atoms with Gasteiger partial charge in [0.1, 0.15) is 0 Å². The highest BCUT2D eigenvalue weighted by atomic mass is 16.5. The first-order valence-electron chi connectivity index (χ1n) is 11.6. The number of nitrogens with one attached hydrogen (secondary N) is 2. The van der Waals surface area contributed by atoms with Gasteiger partial charge in [-0.15, -0.1) is 0 Å². The zero-order valence-electron chi connectivity index (χ0n) is 18.3. The summed E-state index contributed by atoms with van der Waals surface area (Å²) in [6.07, 6.45) is 9.99. The van der Waals surface area contributed by atoms with Gasteiger partial charge in [-0.25, -0.2) is 0 Å². The number of guanidine groups is 1. The van der Waals surface area contributed by atoms with E-state index in [2.05, 4.69) is 45.6 Å². The van der Waals surface area contributed by atoms with Gasteiger partial charge in [0.2, 0.25) is 0 Å². The summed E-state index contributed by atoms with van der Waals surface area (Å²) in [5.41, 5.74) is 4.65. The van der Waals surface area contributed by atoms with E-state index < -0.39 is 0 Å². The summed E-state index contributed by atoms with van der Waals surface area (Å²) in [4.78, 5) is 7.22. The number of rotatable bonds is 5. The Labute approximate surface area is 176 Å². The molecule has 0 amide bonds. The number of nitrogens with zero attached hydrogens (tertiary/aromatic N) is 2. The Morgan fingerprint density at radius 2 is 1.83 bits per heavy atom. The van der Waals surface area contributed by atoms with Crippen LogP contribution in [0.1, 0.15) is 68.2 Å². The highest BCUT2D eigenvalue weighted by Gasteiger charge is 2.39. The summed E-state index contributed by atoms with van der Waals surface area (Å²) in [5, 5.41) is 7.29. The molecule has 5 nitrogen and oxygen atoms in total. The summed E-state index contributed by atoms with van der Waals surface area (Å²) >= 11 is 0. The van der Waals surface area contributed by atoms with E-state index in [4.69, 9.17) is 4.74 Å². The molecule has 0 spiro atoms. The number of hydrogen-bond acceptors (Lipinski definition) is 3. The third-order valence-corrected chi connectivity index (χ3v) is 7.23. The molecule has 0 saturated carbocycles. The van der Waals surface area contributed by atoms with Gasteiger partial charge in [-0.1, -0.05) is 18.2 Å². The normalized spacial score (nSPS) is 23.4. The van der Waals surface area contributed by atoms with E-state index in [0.29, 0.717) is 0 Å². The second kappa shape index (κ2) is 9.48. The van der Waals surface area contributed by atoms with Gasteiger partial charge in [-0.3, -0.25) is 9.89 Å². The van der Waals surface area contributed by atoms with Crippen LogP contribution < -0.4 is 10.6 Å². The molecule has 160 valence electrons. The van der Waals surface area contributed by atoms with Crippen molar-refractivity contribution in [3.63, 3.8) is 0 Å². The minimum absolute atomic E-state index is 0.210. The van der Waals surface area contributed by atoms with Crippen LogP contribution >= 0.6 is 0 Å². The van der Waals surface area contributed by atoms with E-state index in [1.165, 1.54) is 57.2 Å². The van der Waals surface area contributed by atoms with Gasteiger partial charge in [-0.05, 0) is 88.1 Å². The SMILES string of the molecule is CN=C(NCC1(N2CCCC2)CCOCC1)NC(C)c1ccc2c(c1)CCCC2. The molecule has 3 aliphatic rings. The number of likely N-dealkylation sites (tertiary alicyclic amines) is 1. The van der Waals surface area contributed by atoms with Gasteiger partial charge in [-0.2, -0.15) is 0 Å². The Morgan fingerprint density at radius 3 is 2.55 bits per heavy atom. The van der Waals surface area contributed by atoms with E-state index in [-0.39, 0.29) is 11.6 Å². The molecule has 0 radical (unpaired) electrons. The molecule has 1 unspecified atom stereocenters. The average molecular weight is 399 g/mol. The fourth-order valence-corrected chi connectivity index (χ4v) is 5.30. The zero-order chi connectivity index (χ0) is 20.1. The first kappa shape index (κ1) is 20.7. The van der Waals surface area contributed by atoms with Crippen LogP contribution in [0.25, 0.3) is 0 Å². The lowest BCUT2D eigenvalue weighted by Gasteiger charge is -2.45. The molecule has 4 rings (SSSR count). The topological polar surface area (TPSA) is 48.9 Å². The summed E-state index contributed by atoms with van der Waals surface area (Å²) in [6.45, 7) is 7.36. The molecule has 1 aromatic rings. The number of benzene rings is 1. The molecule has 2 saturated heterocycles. The van der Waals surface area contributed by atoms with Crippen molar-refractivity contribution in [2.75, 3.05) is 39.9 Å². The van der Waals surface area contributed by atoms with Crippen LogP contribution in [0.15, 0.2) is 23.2 Å². The van der Waals surface area contributed by atoms with Crippen molar-refractivity contribution in [2.24, 2.45) is 4.99 Å². The molecule has 2 aliphatic heterocycles. The van der Waals surface area contributed by atoms with Gasteiger partial charge in [0.15, 0.2) is 5.96 Å². The Kier molecular flexibility index (Phi) is 6.76. The van der Waals surface area contributed by atoms with Gasteiger partial charge in [0.25, 0.3) is 0 Å². The van der Waals surface area contributed by atoms with E-state index in [0.717, 1.165) is 38.6 Å². The molecule has 2 fully saturated rings. The van der Waals surface area contributed by atoms with Crippen LogP contribution in [-0.2, 0) is 17.6 Å². The van der Waals surface area contributed by atoms with Gasteiger partial charge < -0.3 is 15.4 Å². The van der Waals surface area contributed by atoms with Gasteiger partial charge in [0.05, 0.1) is 6.04 Å². The molecule has 0 bridgehead atoms. The lowest BCUT2D eigenvalue weighted by atomic mass is 9.88. The molecule has 1 atom stereocenters. The largest absolute Gasteiger partial charge is 0.381 e. The average Bonchev–Trinajstić information content (AvgIpc) is 3.32. The molecule has 0 aromatic heterocycles. The van der Waals surface area contributed by atoms with Crippen molar-refractivity contribution in [3.05, 3.63) is 34.9 Å². The highest BCUT2D eigenvalue weighted by molar-refractivity contribution is 5.80. The van der Waals surface area contributed by atoms with E-state index in [9.17, 15) is 0 Å².